The molecule has 0 saturated carbocycles. The van der Waals surface area contributed by atoms with Crippen molar-refractivity contribution in [2.45, 2.75) is 6.42 Å². The highest BCUT2D eigenvalue weighted by Crippen LogP contribution is 2.14. The van der Waals surface area contributed by atoms with E-state index in [0.29, 0.717) is 0 Å². The zero-order valence-electron chi connectivity index (χ0n) is 5.93. The van der Waals surface area contributed by atoms with E-state index in [1.165, 1.54) is 11.3 Å². The SMILES string of the molecule is C1=C2C[N]CC=C2NCC1. The molecule has 0 bridgehead atoms. The Morgan fingerprint density at radius 3 is 3.30 bits per heavy atom. The van der Waals surface area contributed by atoms with Crippen LogP contribution in [-0.4, -0.2) is 19.6 Å². The van der Waals surface area contributed by atoms with Crippen molar-refractivity contribution >= 4 is 0 Å². The molecule has 0 saturated heterocycles. The number of fused-ring (bicyclic) bond motifs is 1. The summed E-state index contributed by atoms with van der Waals surface area (Å²) in [5.74, 6) is 0. The average Bonchev–Trinajstić information content (AvgIpc) is 2.05. The molecule has 0 atom stereocenters. The zero-order valence-corrected chi connectivity index (χ0v) is 5.93. The van der Waals surface area contributed by atoms with E-state index in [1.54, 1.807) is 0 Å². The van der Waals surface area contributed by atoms with Gasteiger partial charge in [0.05, 0.1) is 0 Å². The molecular weight excluding hydrogens is 124 g/mol. The predicted molar refractivity (Wildman–Crippen MR) is 40.7 cm³/mol. The van der Waals surface area contributed by atoms with E-state index in [-0.39, 0.29) is 0 Å². The molecule has 10 heavy (non-hydrogen) atoms. The van der Waals surface area contributed by atoms with Gasteiger partial charge in [-0.1, -0.05) is 6.08 Å². The van der Waals surface area contributed by atoms with Crippen molar-refractivity contribution in [1.29, 1.82) is 0 Å². The standard InChI is InChI=1S/C8H11N2/c1-2-7-6-9-5-3-8(7)10-4-1/h2-3,10H,1,4-6H2. The molecule has 0 unspecified atom stereocenters. The van der Waals surface area contributed by atoms with Gasteiger partial charge in [-0.2, -0.15) is 0 Å². The summed E-state index contributed by atoms with van der Waals surface area (Å²) in [6.07, 6.45) is 5.60. The van der Waals surface area contributed by atoms with Crippen molar-refractivity contribution in [3.05, 3.63) is 23.4 Å². The van der Waals surface area contributed by atoms with Gasteiger partial charge < -0.3 is 5.32 Å². The number of hydrogen-bond acceptors (Lipinski definition) is 1. The lowest BCUT2D eigenvalue weighted by Gasteiger charge is -2.22. The largest absolute Gasteiger partial charge is 0.385 e. The molecule has 0 amide bonds. The van der Waals surface area contributed by atoms with E-state index in [2.05, 4.69) is 22.8 Å². The van der Waals surface area contributed by atoms with E-state index in [1.807, 2.05) is 0 Å². The zero-order chi connectivity index (χ0) is 6.81. The van der Waals surface area contributed by atoms with Crippen LogP contribution < -0.4 is 10.6 Å². The second-order valence-electron chi connectivity index (χ2n) is 2.63. The van der Waals surface area contributed by atoms with E-state index in [4.69, 9.17) is 0 Å². The van der Waals surface area contributed by atoms with Crippen molar-refractivity contribution in [3.63, 3.8) is 0 Å². The molecule has 0 aromatic carbocycles. The summed E-state index contributed by atoms with van der Waals surface area (Å²) in [4.78, 5) is 0. The lowest BCUT2D eigenvalue weighted by atomic mass is 10.0. The minimum absolute atomic E-state index is 0.889. The van der Waals surface area contributed by atoms with Crippen LogP contribution in [0.4, 0.5) is 0 Å². The summed E-state index contributed by atoms with van der Waals surface area (Å²) in [7, 11) is 0. The number of hydrogen-bond donors (Lipinski definition) is 1. The highest BCUT2D eigenvalue weighted by molar-refractivity contribution is 5.35. The van der Waals surface area contributed by atoms with Gasteiger partial charge in [0.1, 0.15) is 0 Å². The van der Waals surface area contributed by atoms with Gasteiger partial charge in [-0.25, -0.2) is 5.32 Å². The van der Waals surface area contributed by atoms with Crippen molar-refractivity contribution in [2.24, 2.45) is 0 Å². The van der Waals surface area contributed by atoms with Gasteiger partial charge in [0.15, 0.2) is 0 Å². The third kappa shape index (κ3) is 0.948. The summed E-state index contributed by atoms with van der Waals surface area (Å²) in [6.45, 7) is 2.90. The highest BCUT2D eigenvalue weighted by Gasteiger charge is 2.11. The van der Waals surface area contributed by atoms with Gasteiger partial charge in [-0.15, -0.1) is 0 Å². The fourth-order valence-electron chi connectivity index (χ4n) is 1.37. The van der Waals surface area contributed by atoms with Gasteiger partial charge in [0.2, 0.25) is 0 Å². The maximum absolute atomic E-state index is 4.28. The summed E-state index contributed by atoms with van der Waals surface area (Å²) < 4.78 is 0. The lowest BCUT2D eigenvalue weighted by Crippen LogP contribution is -2.28. The first-order valence-corrected chi connectivity index (χ1v) is 3.73. The lowest BCUT2D eigenvalue weighted by molar-refractivity contribution is 0.688. The van der Waals surface area contributed by atoms with Crippen LogP contribution >= 0.6 is 0 Å². The number of nitrogens with one attached hydrogen (secondary N) is 1. The molecule has 2 nitrogen and oxygen atoms in total. The summed E-state index contributed by atoms with van der Waals surface area (Å²) >= 11 is 0. The first-order valence-electron chi connectivity index (χ1n) is 3.73. The molecular formula is C8H11N2. The maximum Gasteiger partial charge on any atom is 0.0405 e. The molecule has 2 heterocycles. The quantitative estimate of drug-likeness (QED) is 0.511. The summed E-state index contributed by atoms with van der Waals surface area (Å²) in [5, 5.41) is 7.63. The molecule has 0 aromatic heterocycles. The minimum Gasteiger partial charge on any atom is -0.385 e. The van der Waals surface area contributed by atoms with E-state index < -0.39 is 0 Å². The summed E-state index contributed by atoms with van der Waals surface area (Å²) in [5.41, 5.74) is 2.71. The topological polar surface area (TPSA) is 26.1 Å². The molecule has 2 aliphatic heterocycles. The Morgan fingerprint density at radius 1 is 1.40 bits per heavy atom. The Balaban J connectivity index is 2.25. The Morgan fingerprint density at radius 2 is 2.40 bits per heavy atom. The maximum atomic E-state index is 4.28. The van der Waals surface area contributed by atoms with Gasteiger partial charge in [0.25, 0.3) is 0 Å². The fraction of sp³-hybridized carbons (Fsp3) is 0.500. The Labute approximate surface area is 61.0 Å². The molecule has 0 aromatic rings. The van der Waals surface area contributed by atoms with Crippen molar-refractivity contribution in [1.82, 2.24) is 10.6 Å². The number of nitrogens with zero attached hydrogens (tertiary/aromatic N) is 1. The molecule has 2 heteroatoms. The monoisotopic (exact) mass is 135 g/mol. The highest BCUT2D eigenvalue weighted by atomic mass is 14.9. The second-order valence-corrected chi connectivity index (χ2v) is 2.63. The van der Waals surface area contributed by atoms with Crippen LogP contribution in [0.25, 0.3) is 0 Å². The molecule has 1 radical (unpaired) electrons. The van der Waals surface area contributed by atoms with Crippen molar-refractivity contribution < 1.29 is 0 Å². The molecule has 1 N–H and O–H groups in total. The second kappa shape index (κ2) is 2.46. The molecule has 53 valence electrons. The van der Waals surface area contributed by atoms with Crippen LogP contribution in [0.3, 0.4) is 0 Å². The van der Waals surface area contributed by atoms with E-state index in [9.17, 15) is 0 Å². The van der Waals surface area contributed by atoms with Crippen molar-refractivity contribution in [2.75, 3.05) is 19.6 Å². The van der Waals surface area contributed by atoms with Crippen LogP contribution in [0.5, 0.6) is 0 Å². The first-order chi connectivity index (χ1) is 4.97. The summed E-state index contributed by atoms with van der Waals surface area (Å²) in [6, 6.07) is 0. The smallest absolute Gasteiger partial charge is 0.0405 e. The fourth-order valence-corrected chi connectivity index (χ4v) is 1.37. The third-order valence-electron chi connectivity index (χ3n) is 1.90. The first kappa shape index (κ1) is 5.98. The Hall–Kier alpha value is -0.760. The Kier molecular flexibility index (Phi) is 1.47. The minimum atomic E-state index is 0.889. The number of rotatable bonds is 0. The van der Waals surface area contributed by atoms with Gasteiger partial charge in [0, 0.05) is 25.3 Å². The van der Waals surface area contributed by atoms with Gasteiger partial charge in [-0.05, 0) is 18.1 Å². The molecule has 2 rings (SSSR count). The predicted octanol–water partition coefficient (Wildman–Crippen LogP) is 0.408. The van der Waals surface area contributed by atoms with Crippen LogP contribution in [0.2, 0.25) is 0 Å². The van der Waals surface area contributed by atoms with Crippen LogP contribution in [0.1, 0.15) is 6.42 Å². The Bertz CT molecular complexity index is 169. The third-order valence-corrected chi connectivity index (χ3v) is 1.90. The molecule has 0 aliphatic carbocycles. The average molecular weight is 135 g/mol. The van der Waals surface area contributed by atoms with E-state index in [0.717, 1.165) is 26.1 Å². The molecule has 0 fully saturated rings. The van der Waals surface area contributed by atoms with E-state index >= 15 is 0 Å². The van der Waals surface area contributed by atoms with Crippen LogP contribution in [-0.2, 0) is 0 Å². The van der Waals surface area contributed by atoms with Gasteiger partial charge >= 0.3 is 0 Å². The van der Waals surface area contributed by atoms with Gasteiger partial charge in [-0.3, -0.25) is 0 Å². The molecule has 2 aliphatic rings. The van der Waals surface area contributed by atoms with Crippen molar-refractivity contribution in [3.8, 4) is 0 Å². The normalized spacial score (nSPS) is 24.0. The molecule has 0 spiro atoms. The van der Waals surface area contributed by atoms with Crippen LogP contribution in [0, 0.1) is 0 Å². The van der Waals surface area contributed by atoms with Crippen LogP contribution in [0.15, 0.2) is 23.4 Å².